The number of rotatable bonds is 9. The number of nitriles is 1. The number of anilines is 1. The van der Waals surface area contributed by atoms with Gasteiger partial charge in [0, 0.05) is 24.2 Å². The van der Waals surface area contributed by atoms with Gasteiger partial charge in [-0.2, -0.15) is 5.26 Å². The Hall–Kier alpha value is -3.34. The zero-order valence-corrected chi connectivity index (χ0v) is 17.4. The van der Waals surface area contributed by atoms with Crippen molar-refractivity contribution in [3.05, 3.63) is 79.1 Å². The van der Waals surface area contributed by atoms with Gasteiger partial charge in [-0.1, -0.05) is 48.5 Å². The first-order chi connectivity index (χ1) is 14.9. The molecule has 1 aromatic heterocycles. The van der Waals surface area contributed by atoms with Gasteiger partial charge in [-0.15, -0.1) is 4.99 Å². The lowest BCUT2D eigenvalue weighted by molar-refractivity contribution is 0.701. The Labute approximate surface area is 181 Å². The van der Waals surface area contributed by atoms with Crippen molar-refractivity contribution in [3.8, 4) is 17.3 Å². The van der Waals surface area contributed by atoms with E-state index in [-0.39, 0.29) is 0 Å². The van der Waals surface area contributed by atoms with E-state index < -0.39 is 0 Å². The fourth-order valence-electron chi connectivity index (χ4n) is 2.80. The van der Waals surface area contributed by atoms with E-state index in [1.165, 1.54) is 16.0 Å². The lowest BCUT2D eigenvalue weighted by atomic mass is 10.1. The fraction of sp³-hybridized carbons (Fsp3) is 0.174. The quantitative estimate of drug-likeness (QED) is 0.155. The van der Waals surface area contributed by atoms with Gasteiger partial charge >= 0.3 is 0 Å². The monoisotopic (exact) mass is 416 g/mol. The third-order valence-corrected chi connectivity index (χ3v) is 5.16. The molecule has 0 unspecified atom stereocenters. The highest BCUT2D eigenvalue weighted by Crippen LogP contribution is 2.29. The Kier molecular flexibility index (Phi) is 8.74. The lowest BCUT2D eigenvalue weighted by Gasteiger charge is -2.11. The molecule has 0 atom stereocenters. The van der Waals surface area contributed by atoms with Crippen molar-refractivity contribution < 1.29 is 0 Å². The van der Waals surface area contributed by atoms with Crippen molar-refractivity contribution in [3.63, 3.8) is 0 Å². The molecule has 0 aliphatic carbocycles. The van der Waals surface area contributed by atoms with Crippen LogP contribution in [0.25, 0.3) is 11.1 Å². The molecule has 0 saturated carbocycles. The lowest BCUT2D eigenvalue weighted by Crippen LogP contribution is -2.31. The summed E-state index contributed by atoms with van der Waals surface area (Å²) in [7, 11) is 0. The number of pyridine rings is 1. The van der Waals surface area contributed by atoms with Gasteiger partial charge in [0.05, 0.1) is 11.9 Å². The van der Waals surface area contributed by atoms with Crippen molar-refractivity contribution >= 4 is 23.6 Å². The van der Waals surface area contributed by atoms with Crippen molar-refractivity contribution in [1.82, 2.24) is 15.0 Å². The second kappa shape index (κ2) is 12.3. The molecule has 0 radical (unpaired) electrons. The minimum absolute atomic E-state index is 0.435. The van der Waals surface area contributed by atoms with Crippen LogP contribution in [0.15, 0.2) is 89.0 Å². The van der Waals surface area contributed by atoms with E-state index in [1.807, 2.05) is 24.4 Å². The predicted octanol–water partition coefficient (Wildman–Crippen LogP) is 4.66. The summed E-state index contributed by atoms with van der Waals surface area (Å²) in [5.41, 5.74) is 3.24. The van der Waals surface area contributed by atoms with Crippen molar-refractivity contribution in [2.24, 2.45) is 4.99 Å². The molecule has 7 heteroatoms. The minimum atomic E-state index is 0.435. The van der Waals surface area contributed by atoms with E-state index >= 15 is 0 Å². The molecule has 30 heavy (non-hydrogen) atoms. The molecule has 0 fully saturated rings. The van der Waals surface area contributed by atoms with Crippen LogP contribution < -0.4 is 15.4 Å². The summed E-state index contributed by atoms with van der Waals surface area (Å²) in [6, 6.07) is 22.5. The van der Waals surface area contributed by atoms with Gasteiger partial charge in [-0.25, -0.2) is 0 Å². The van der Waals surface area contributed by atoms with Crippen LogP contribution in [-0.2, 0) is 0 Å². The molecule has 6 nitrogen and oxygen atoms in total. The summed E-state index contributed by atoms with van der Waals surface area (Å²) < 4.78 is 3.45. The third kappa shape index (κ3) is 6.92. The smallest absolute Gasteiger partial charge is 0.211 e. The normalized spacial score (nSPS) is 11.0. The maximum absolute atomic E-state index is 8.85. The second-order valence-electron chi connectivity index (χ2n) is 6.42. The highest BCUT2D eigenvalue weighted by Gasteiger charge is 2.04. The van der Waals surface area contributed by atoms with Gasteiger partial charge in [0.1, 0.15) is 0 Å². The molecule has 3 N–H and O–H groups in total. The van der Waals surface area contributed by atoms with Gasteiger partial charge in [0.15, 0.2) is 0 Å². The van der Waals surface area contributed by atoms with Crippen LogP contribution in [0.1, 0.15) is 12.8 Å². The molecule has 152 valence electrons. The van der Waals surface area contributed by atoms with E-state index in [9.17, 15) is 0 Å². The van der Waals surface area contributed by atoms with Crippen LogP contribution >= 0.6 is 11.9 Å². The highest BCUT2D eigenvalue weighted by molar-refractivity contribution is 7.97. The molecule has 0 amide bonds. The summed E-state index contributed by atoms with van der Waals surface area (Å²) >= 11 is 1.66. The summed E-state index contributed by atoms with van der Waals surface area (Å²) in [6.45, 7) is 1.61. The van der Waals surface area contributed by atoms with Crippen LogP contribution in [0, 0.1) is 11.5 Å². The molecule has 2 aromatic carbocycles. The molecule has 0 bridgehead atoms. The summed E-state index contributed by atoms with van der Waals surface area (Å²) in [6.07, 6.45) is 7.15. The molecule has 0 aliphatic rings. The Bertz CT molecular complexity index is 970. The third-order valence-electron chi connectivity index (χ3n) is 4.24. The van der Waals surface area contributed by atoms with Gasteiger partial charge in [-0.3, -0.25) is 9.71 Å². The molecule has 0 aliphatic heterocycles. The molecule has 0 spiro atoms. The summed E-state index contributed by atoms with van der Waals surface area (Å²) in [5, 5.41) is 15.1. The molecule has 3 rings (SSSR count). The molecule has 0 saturated heterocycles. The van der Waals surface area contributed by atoms with Gasteiger partial charge in [0.2, 0.25) is 12.2 Å². The van der Waals surface area contributed by atoms with E-state index in [0.29, 0.717) is 5.96 Å². The number of nitrogens with one attached hydrogen (secondary N) is 3. The van der Waals surface area contributed by atoms with Crippen LogP contribution in [0.2, 0.25) is 0 Å². The molecular formula is C23H24N6S. The number of benzene rings is 2. The Morgan fingerprint density at radius 3 is 2.57 bits per heavy atom. The standard InChI is InChI=1S/C23H24N6S/c24-18-27-23(29-20-11-8-14-25-17-20)26-15-6-7-16-28-30-22-13-5-4-12-21(22)19-9-2-1-3-10-19/h1-5,8-14,17,28H,6-7,15-16H2,(H2,26,27,29). The highest BCUT2D eigenvalue weighted by atomic mass is 32.2. The summed E-state index contributed by atoms with van der Waals surface area (Å²) in [4.78, 5) is 9.04. The van der Waals surface area contributed by atoms with Crippen LogP contribution in [0.5, 0.6) is 0 Å². The number of hydrogen-bond donors (Lipinski definition) is 3. The van der Waals surface area contributed by atoms with E-state index in [4.69, 9.17) is 5.26 Å². The van der Waals surface area contributed by atoms with E-state index in [2.05, 4.69) is 73.9 Å². The fourth-order valence-corrected chi connectivity index (χ4v) is 3.65. The molecular weight excluding hydrogens is 392 g/mol. The maximum atomic E-state index is 8.85. The summed E-state index contributed by atoms with van der Waals surface area (Å²) in [5.74, 6) is 0.435. The maximum Gasteiger partial charge on any atom is 0.211 e. The van der Waals surface area contributed by atoms with E-state index in [1.54, 1.807) is 24.3 Å². The Balaban J connectivity index is 1.38. The van der Waals surface area contributed by atoms with Gasteiger partial charge in [0.25, 0.3) is 0 Å². The average molecular weight is 417 g/mol. The number of aliphatic imine (C=N–C) groups is 1. The van der Waals surface area contributed by atoms with Crippen LogP contribution in [0.3, 0.4) is 0 Å². The minimum Gasteiger partial charge on any atom is -0.355 e. The predicted molar refractivity (Wildman–Crippen MR) is 124 cm³/mol. The van der Waals surface area contributed by atoms with Crippen LogP contribution in [0.4, 0.5) is 5.69 Å². The molecule has 3 aromatic rings. The zero-order chi connectivity index (χ0) is 20.9. The average Bonchev–Trinajstić information content (AvgIpc) is 2.80. The first-order valence-corrected chi connectivity index (χ1v) is 10.6. The van der Waals surface area contributed by atoms with Gasteiger partial charge < -0.3 is 10.6 Å². The Morgan fingerprint density at radius 1 is 0.967 bits per heavy atom. The zero-order valence-electron chi connectivity index (χ0n) is 16.6. The molecule has 1 heterocycles. The number of unbranched alkanes of at least 4 members (excludes halogenated alkanes) is 1. The number of aromatic nitrogens is 1. The topological polar surface area (TPSA) is 85.1 Å². The van der Waals surface area contributed by atoms with Crippen molar-refractivity contribution in [2.45, 2.75) is 17.7 Å². The van der Waals surface area contributed by atoms with Crippen molar-refractivity contribution in [1.29, 1.82) is 5.26 Å². The Morgan fingerprint density at radius 2 is 1.77 bits per heavy atom. The van der Waals surface area contributed by atoms with E-state index in [0.717, 1.165) is 31.6 Å². The van der Waals surface area contributed by atoms with Gasteiger partial charge in [-0.05, 0) is 54.1 Å². The first kappa shape index (κ1) is 21.4. The number of hydrogen-bond acceptors (Lipinski definition) is 5. The first-order valence-electron chi connectivity index (χ1n) is 9.78. The second-order valence-corrected chi connectivity index (χ2v) is 7.35. The number of guanidine groups is 1. The number of nitrogens with zero attached hydrogens (tertiary/aromatic N) is 3. The SMILES string of the molecule is N#C/N=C(\NCCCCNSc1ccccc1-c1ccccc1)Nc1cccnc1. The van der Waals surface area contributed by atoms with Crippen molar-refractivity contribution in [2.75, 3.05) is 18.4 Å². The largest absolute Gasteiger partial charge is 0.355 e. The van der Waals surface area contributed by atoms with Crippen LogP contribution in [-0.4, -0.2) is 24.0 Å².